The van der Waals surface area contributed by atoms with Crippen molar-refractivity contribution in [3.05, 3.63) is 58.4 Å². The van der Waals surface area contributed by atoms with E-state index in [-0.39, 0.29) is 30.4 Å². The van der Waals surface area contributed by atoms with Gasteiger partial charge in [0, 0.05) is 18.1 Å². The van der Waals surface area contributed by atoms with Gasteiger partial charge in [0.15, 0.2) is 0 Å². The van der Waals surface area contributed by atoms with Crippen molar-refractivity contribution >= 4 is 5.97 Å². The Morgan fingerprint density at radius 2 is 2.15 bits per heavy atom. The minimum atomic E-state index is -0.765. The fourth-order valence-electron chi connectivity index (χ4n) is 4.20. The molecule has 2 aliphatic rings. The first-order chi connectivity index (χ1) is 12.8. The Balaban J connectivity index is 1.50. The second-order valence-electron chi connectivity index (χ2n) is 8.06. The number of carboxylic acids is 1. The van der Waals surface area contributed by atoms with Crippen LogP contribution in [0.15, 0.2) is 30.3 Å². The van der Waals surface area contributed by atoms with Crippen LogP contribution in [0.1, 0.15) is 54.9 Å². The predicted octanol–water partition coefficient (Wildman–Crippen LogP) is 4.62. The zero-order chi connectivity index (χ0) is 19.2. The molecular formula is C22H23FO4. The summed E-state index contributed by atoms with van der Waals surface area (Å²) in [5.74, 6) is 0.316. The van der Waals surface area contributed by atoms with Crippen LogP contribution in [0.2, 0.25) is 0 Å². The lowest BCUT2D eigenvalue weighted by atomic mass is 9.97. The molecule has 2 aromatic carbocycles. The molecule has 0 amide bonds. The third-order valence-corrected chi connectivity index (χ3v) is 5.39. The van der Waals surface area contributed by atoms with Crippen LogP contribution in [-0.4, -0.2) is 16.7 Å². The van der Waals surface area contributed by atoms with Crippen LogP contribution >= 0.6 is 0 Å². The Morgan fingerprint density at radius 3 is 2.93 bits per heavy atom. The van der Waals surface area contributed by atoms with E-state index in [1.807, 2.05) is 32.0 Å². The summed E-state index contributed by atoms with van der Waals surface area (Å²) in [7, 11) is 0. The number of rotatable bonds is 5. The molecule has 1 aliphatic heterocycles. The highest BCUT2D eigenvalue weighted by atomic mass is 19.1. The fourth-order valence-corrected chi connectivity index (χ4v) is 4.20. The van der Waals surface area contributed by atoms with Gasteiger partial charge in [0.2, 0.25) is 0 Å². The second kappa shape index (κ2) is 6.55. The molecule has 27 heavy (non-hydrogen) atoms. The van der Waals surface area contributed by atoms with Gasteiger partial charge in [-0.2, -0.15) is 0 Å². The van der Waals surface area contributed by atoms with E-state index in [0.29, 0.717) is 5.75 Å². The molecule has 0 aromatic heterocycles. The summed E-state index contributed by atoms with van der Waals surface area (Å²) in [5.41, 5.74) is 3.72. The van der Waals surface area contributed by atoms with Crippen molar-refractivity contribution in [2.24, 2.45) is 0 Å². The molecule has 142 valence electrons. The first kappa shape index (κ1) is 17.8. The lowest BCUT2D eigenvalue weighted by molar-refractivity contribution is -0.137. The molecule has 0 fully saturated rings. The molecule has 4 rings (SSSR count). The van der Waals surface area contributed by atoms with Crippen LogP contribution in [0.4, 0.5) is 4.39 Å². The third kappa shape index (κ3) is 3.64. The Labute approximate surface area is 157 Å². The largest absolute Gasteiger partial charge is 0.489 e. The molecule has 1 N–H and O–H groups in total. The van der Waals surface area contributed by atoms with Crippen molar-refractivity contribution in [1.29, 1.82) is 0 Å². The monoisotopic (exact) mass is 370 g/mol. The summed E-state index contributed by atoms with van der Waals surface area (Å²) in [6, 6.07) is 8.77. The number of halogens is 1. The summed E-state index contributed by atoms with van der Waals surface area (Å²) in [4.78, 5) is 11.0. The van der Waals surface area contributed by atoms with Gasteiger partial charge in [-0.1, -0.05) is 6.07 Å². The summed E-state index contributed by atoms with van der Waals surface area (Å²) >= 11 is 0. The standard InChI is InChI=1S/C22H23FO4/c1-22(2)11-19-15(7-16(23)10-20(19)27-22)12-26-17-5-6-18-13(8-17)3-4-14(18)9-21(24)25/h5-8,10,14H,3-4,9,11-12H2,1-2H3,(H,24,25). The van der Waals surface area contributed by atoms with Crippen LogP contribution in [0, 0.1) is 5.82 Å². The molecule has 0 saturated heterocycles. The van der Waals surface area contributed by atoms with Crippen molar-refractivity contribution < 1.29 is 23.8 Å². The van der Waals surface area contributed by atoms with Gasteiger partial charge in [-0.05, 0) is 67.5 Å². The molecule has 5 heteroatoms. The number of carbonyl (C=O) groups is 1. The van der Waals surface area contributed by atoms with E-state index >= 15 is 0 Å². The molecule has 0 saturated carbocycles. The fraction of sp³-hybridized carbons (Fsp3) is 0.409. The number of aliphatic carboxylic acids is 1. The number of ether oxygens (including phenoxy) is 2. The summed E-state index contributed by atoms with van der Waals surface area (Å²) < 4.78 is 25.7. The highest BCUT2D eigenvalue weighted by Crippen LogP contribution is 2.39. The normalized spacial score (nSPS) is 19.3. The zero-order valence-electron chi connectivity index (χ0n) is 15.5. The average Bonchev–Trinajstić information content (AvgIpc) is 3.11. The quantitative estimate of drug-likeness (QED) is 0.834. The van der Waals surface area contributed by atoms with Gasteiger partial charge in [0.05, 0.1) is 6.42 Å². The molecule has 1 unspecified atom stereocenters. The van der Waals surface area contributed by atoms with Gasteiger partial charge in [-0.25, -0.2) is 4.39 Å². The Morgan fingerprint density at radius 1 is 1.33 bits per heavy atom. The molecule has 0 spiro atoms. The van der Waals surface area contributed by atoms with E-state index in [9.17, 15) is 9.18 Å². The highest BCUT2D eigenvalue weighted by Gasteiger charge is 2.32. The zero-order valence-corrected chi connectivity index (χ0v) is 15.5. The maximum absolute atomic E-state index is 13.9. The van der Waals surface area contributed by atoms with Crippen LogP contribution < -0.4 is 9.47 Å². The number of fused-ring (bicyclic) bond motifs is 2. The number of hydrogen-bond acceptors (Lipinski definition) is 3. The molecule has 2 aromatic rings. The average molecular weight is 370 g/mol. The number of hydrogen-bond donors (Lipinski definition) is 1. The molecule has 1 aliphatic carbocycles. The van der Waals surface area contributed by atoms with E-state index < -0.39 is 5.97 Å². The van der Waals surface area contributed by atoms with Crippen molar-refractivity contribution in [2.45, 2.75) is 57.7 Å². The van der Waals surface area contributed by atoms with E-state index in [0.717, 1.165) is 47.3 Å². The first-order valence-electron chi connectivity index (χ1n) is 9.28. The lowest BCUT2D eigenvalue weighted by Crippen LogP contribution is -2.24. The van der Waals surface area contributed by atoms with Gasteiger partial charge in [0.25, 0.3) is 0 Å². The Hall–Kier alpha value is -2.56. The minimum absolute atomic E-state index is 0.0809. The first-order valence-corrected chi connectivity index (χ1v) is 9.28. The predicted molar refractivity (Wildman–Crippen MR) is 98.9 cm³/mol. The minimum Gasteiger partial charge on any atom is -0.489 e. The van der Waals surface area contributed by atoms with Gasteiger partial charge in [0.1, 0.15) is 29.5 Å². The van der Waals surface area contributed by atoms with E-state index in [2.05, 4.69) is 0 Å². The van der Waals surface area contributed by atoms with Gasteiger partial charge >= 0.3 is 5.97 Å². The SMILES string of the molecule is CC1(C)Cc2c(COc3ccc4c(c3)CCC4CC(=O)O)cc(F)cc2O1. The van der Waals surface area contributed by atoms with Crippen molar-refractivity contribution in [1.82, 2.24) is 0 Å². The molecule has 4 nitrogen and oxygen atoms in total. The van der Waals surface area contributed by atoms with Gasteiger partial charge < -0.3 is 14.6 Å². The third-order valence-electron chi connectivity index (χ3n) is 5.39. The lowest BCUT2D eigenvalue weighted by Gasteiger charge is -2.16. The number of aryl methyl sites for hydroxylation is 1. The molecule has 1 heterocycles. The maximum atomic E-state index is 13.9. The van der Waals surface area contributed by atoms with Crippen LogP contribution in [0.25, 0.3) is 0 Å². The Kier molecular flexibility index (Phi) is 4.33. The van der Waals surface area contributed by atoms with Crippen molar-refractivity contribution in [2.75, 3.05) is 0 Å². The molecule has 0 radical (unpaired) electrons. The Bertz CT molecular complexity index is 903. The van der Waals surface area contributed by atoms with E-state index in [4.69, 9.17) is 14.6 Å². The molecule has 1 atom stereocenters. The van der Waals surface area contributed by atoms with E-state index in [1.54, 1.807) is 0 Å². The second-order valence-corrected chi connectivity index (χ2v) is 8.06. The maximum Gasteiger partial charge on any atom is 0.303 e. The summed E-state index contributed by atoms with van der Waals surface area (Å²) in [5, 5.41) is 9.03. The number of carboxylic acid groups (broad SMARTS) is 1. The molecular weight excluding hydrogens is 347 g/mol. The van der Waals surface area contributed by atoms with Crippen LogP contribution in [0.5, 0.6) is 11.5 Å². The van der Waals surface area contributed by atoms with E-state index in [1.165, 1.54) is 12.1 Å². The van der Waals surface area contributed by atoms with Gasteiger partial charge in [-0.3, -0.25) is 4.79 Å². The van der Waals surface area contributed by atoms with Crippen LogP contribution in [0.3, 0.4) is 0 Å². The van der Waals surface area contributed by atoms with Crippen LogP contribution in [-0.2, 0) is 24.2 Å². The van der Waals surface area contributed by atoms with Crippen molar-refractivity contribution in [3.8, 4) is 11.5 Å². The topological polar surface area (TPSA) is 55.8 Å². The van der Waals surface area contributed by atoms with Crippen molar-refractivity contribution in [3.63, 3.8) is 0 Å². The molecule has 0 bridgehead atoms. The highest BCUT2D eigenvalue weighted by molar-refractivity contribution is 5.68. The summed E-state index contributed by atoms with van der Waals surface area (Å²) in [6.07, 6.45) is 2.61. The van der Waals surface area contributed by atoms with Gasteiger partial charge in [-0.15, -0.1) is 0 Å². The summed E-state index contributed by atoms with van der Waals surface area (Å²) in [6.45, 7) is 4.25. The number of benzene rings is 2. The smallest absolute Gasteiger partial charge is 0.303 e.